The van der Waals surface area contributed by atoms with E-state index in [1.807, 2.05) is 6.07 Å². The van der Waals surface area contributed by atoms with E-state index in [9.17, 15) is 5.11 Å². The van der Waals surface area contributed by atoms with Gasteiger partial charge in [-0.15, -0.1) is 0 Å². The van der Waals surface area contributed by atoms with E-state index in [1.165, 1.54) is 5.56 Å². The Kier molecular flexibility index (Phi) is 3.92. The van der Waals surface area contributed by atoms with E-state index in [1.54, 1.807) is 0 Å². The van der Waals surface area contributed by atoms with Crippen molar-refractivity contribution in [2.75, 3.05) is 13.2 Å². The fraction of sp³-hybridized carbons (Fsp3) is 0.625. The molecule has 0 unspecified atom stereocenters. The third kappa shape index (κ3) is 3.21. The lowest BCUT2D eigenvalue weighted by atomic mass is 9.83. The molecule has 1 aliphatic carbocycles. The van der Waals surface area contributed by atoms with Gasteiger partial charge in [0.05, 0.1) is 19.3 Å². The summed E-state index contributed by atoms with van der Waals surface area (Å²) >= 11 is 0. The van der Waals surface area contributed by atoms with E-state index >= 15 is 0 Å². The highest BCUT2D eigenvalue weighted by Crippen LogP contribution is 2.33. The average molecular weight is 262 g/mol. The van der Waals surface area contributed by atoms with Gasteiger partial charge in [-0.3, -0.25) is 0 Å². The van der Waals surface area contributed by atoms with Crippen molar-refractivity contribution in [3.05, 3.63) is 23.8 Å². The number of hydrogen-bond donors (Lipinski definition) is 1. The first-order valence-electron chi connectivity index (χ1n) is 7.38. The van der Waals surface area contributed by atoms with Crippen LogP contribution in [0.5, 0.6) is 11.5 Å². The summed E-state index contributed by atoms with van der Waals surface area (Å²) in [6, 6.07) is 6.32. The van der Waals surface area contributed by atoms with Crippen LogP contribution >= 0.6 is 0 Å². The van der Waals surface area contributed by atoms with Crippen LogP contribution in [0, 0.1) is 5.92 Å². The van der Waals surface area contributed by atoms with Crippen LogP contribution in [0.1, 0.15) is 37.7 Å². The van der Waals surface area contributed by atoms with Crippen LogP contribution in [-0.4, -0.2) is 24.4 Å². The predicted molar refractivity (Wildman–Crippen MR) is 73.7 cm³/mol. The molecule has 1 aromatic rings. The van der Waals surface area contributed by atoms with Crippen molar-refractivity contribution in [3.8, 4) is 11.5 Å². The third-order valence-corrected chi connectivity index (χ3v) is 4.15. The normalized spacial score (nSPS) is 26.8. The lowest BCUT2D eigenvalue weighted by molar-refractivity contribution is 0.108. The Morgan fingerprint density at radius 3 is 2.53 bits per heavy atom. The summed E-state index contributed by atoms with van der Waals surface area (Å²) in [6.45, 7) is 1.49. The minimum absolute atomic E-state index is 0.0694. The number of fused-ring (bicyclic) bond motifs is 1. The van der Waals surface area contributed by atoms with Crippen LogP contribution in [0.25, 0.3) is 0 Å². The molecule has 0 atom stereocenters. The first kappa shape index (κ1) is 12.8. The van der Waals surface area contributed by atoms with E-state index in [-0.39, 0.29) is 6.10 Å². The van der Waals surface area contributed by atoms with Gasteiger partial charge >= 0.3 is 0 Å². The molecular formula is C16H22O3. The number of ether oxygens (including phenoxy) is 2. The molecule has 1 fully saturated rings. The Hall–Kier alpha value is -1.22. The summed E-state index contributed by atoms with van der Waals surface area (Å²) in [7, 11) is 0. The predicted octanol–water partition coefficient (Wildman–Crippen LogP) is 2.94. The van der Waals surface area contributed by atoms with E-state index in [2.05, 4.69) is 12.1 Å². The zero-order chi connectivity index (χ0) is 13.1. The summed E-state index contributed by atoms with van der Waals surface area (Å²) in [6.07, 6.45) is 6.14. The van der Waals surface area contributed by atoms with Gasteiger partial charge in [0.2, 0.25) is 0 Å². The Morgan fingerprint density at radius 1 is 1.00 bits per heavy atom. The molecule has 19 heavy (non-hydrogen) atoms. The van der Waals surface area contributed by atoms with Crippen molar-refractivity contribution in [1.29, 1.82) is 0 Å². The van der Waals surface area contributed by atoms with Crippen LogP contribution in [0.3, 0.4) is 0 Å². The van der Waals surface area contributed by atoms with Gasteiger partial charge in [0.15, 0.2) is 11.5 Å². The molecular weight excluding hydrogens is 240 g/mol. The summed E-state index contributed by atoms with van der Waals surface area (Å²) in [4.78, 5) is 0. The molecule has 0 saturated heterocycles. The zero-order valence-corrected chi connectivity index (χ0v) is 11.3. The number of rotatable bonds is 2. The summed E-state index contributed by atoms with van der Waals surface area (Å²) in [5.74, 6) is 2.47. The van der Waals surface area contributed by atoms with Crippen LogP contribution in [-0.2, 0) is 6.42 Å². The molecule has 0 radical (unpaired) electrons. The number of benzene rings is 1. The molecule has 3 heteroatoms. The average Bonchev–Trinajstić information content (AvgIpc) is 2.66. The highest BCUT2D eigenvalue weighted by atomic mass is 16.5. The summed E-state index contributed by atoms with van der Waals surface area (Å²) < 4.78 is 11.4. The minimum Gasteiger partial charge on any atom is -0.490 e. The van der Waals surface area contributed by atoms with Crippen molar-refractivity contribution in [2.24, 2.45) is 5.92 Å². The highest BCUT2D eigenvalue weighted by Gasteiger charge is 2.20. The molecule has 104 valence electrons. The van der Waals surface area contributed by atoms with Crippen molar-refractivity contribution in [2.45, 2.75) is 44.6 Å². The second-order valence-corrected chi connectivity index (χ2v) is 5.71. The van der Waals surface area contributed by atoms with Crippen molar-refractivity contribution in [3.63, 3.8) is 0 Å². The molecule has 1 aliphatic heterocycles. The zero-order valence-electron chi connectivity index (χ0n) is 11.3. The fourth-order valence-corrected chi connectivity index (χ4v) is 3.02. The number of aliphatic hydroxyl groups is 1. The highest BCUT2D eigenvalue weighted by molar-refractivity contribution is 5.43. The molecule has 1 N–H and O–H groups in total. The lowest BCUT2D eigenvalue weighted by Gasteiger charge is -2.25. The topological polar surface area (TPSA) is 38.7 Å². The SMILES string of the molecule is OC1CCC(Cc2ccc3c(c2)OCCCO3)CC1. The van der Waals surface area contributed by atoms with Gasteiger partial charge in [-0.2, -0.15) is 0 Å². The van der Waals surface area contributed by atoms with Gasteiger partial charge in [0.25, 0.3) is 0 Å². The standard InChI is InChI=1S/C16H22O3/c17-14-5-2-12(3-6-14)10-13-4-7-15-16(11-13)19-9-1-8-18-15/h4,7,11-12,14,17H,1-3,5-6,8-10H2. The maximum absolute atomic E-state index is 9.55. The second-order valence-electron chi connectivity index (χ2n) is 5.71. The number of hydrogen-bond acceptors (Lipinski definition) is 3. The van der Waals surface area contributed by atoms with Gasteiger partial charge in [-0.25, -0.2) is 0 Å². The first-order valence-corrected chi connectivity index (χ1v) is 7.38. The largest absolute Gasteiger partial charge is 0.490 e. The van der Waals surface area contributed by atoms with Gasteiger partial charge in [-0.1, -0.05) is 6.07 Å². The monoisotopic (exact) mass is 262 g/mol. The molecule has 0 bridgehead atoms. The molecule has 1 saturated carbocycles. The van der Waals surface area contributed by atoms with Crippen LogP contribution in [0.2, 0.25) is 0 Å². The van der Waals surface area contributed by atoms with Gasteiger partial charge in [0, 0.05) is 6.42 Å². The molecule has 0 spiro atoms. The number of aliphatic hydroxyl groups excluding tert-OH is 1. The third-order valence-electron chi connectivity index (χ3n) is 4.15. The van der Waals surface area contributed by atoms with E-state index in [4.69, 9.17) is 9.47 Å². The Morgan fingerprint density at radius 2 is 1.74 bits per heavy atom. The van der Waals surface area contributed by atoms with E-state index in [0.29, 0.717) is 5.92 Å². The smallest absolute Gasteiger partial charge is 0.161 e. The van der Waals surface area contributed by atoms with E-state index < -0.39 is 0 Å². The maximum Gasteiger partial charge on any atom is 0.161 e. The van der Waals surface area contributed by atoms with Gasteiger partial charge < -0.3 is 14.6 Å². The van der Waals surface area contributed by atoms with Gasteiger partial charge in [0.1, 0.15) is 0 Å². The van der Waals surface area contributed by atoms with Crippen molar-refractivity contribution < 1.29 is 14.6 Å². The minimum atomic E-state index is -0.0694. The Bertz CT molecular complexity index is 422. The molecule has 0 aromatic heterocycles. The molecule has 1 aromatic carbocycles. The molecule has 2 aliphatic rings. The van der Waals surface area contributed by atoms with E-state index in [0.717, 1.165) is 63.2 Å². The summed E-state index contributed by atoms with van der Waals surface area (Å²) in [5, 5.41) is 9.55. The maximum atomic E-state index is 9.55. The van der Waals surface area contributed by atoms with Crippen LogP contribution in [0.15, 0.2) is 18.2 Å². The van der Waals surface area contributed by atoms with Gasteiger partial charge in [-0.05, 0) is 55.7 Å². The molecule has 3 nitrogen and oxygen atoms in total. The second kappa shape index (κ2) is 5.83. The van der Waals surface area contributed by atoms with Crippen LogP contribution in [0.4, 0.5) is 0 Å². The fourth-order valence-electron chi connectivity index (χ4n) is 3.02. The molecule has 1 heterocycles. The Balaban J connectivity index is 1.66. The lowest BCUT2D eigenvalue weighted by Crippen LogP contribution is -2.19. The Labute approximate surface area is 114 Å². The first-order chi connectivity index (χ1) is 9.31. The quantitative estimate of drug-likeness (QED) is 0.890. The van der Waals surface area contributed by atoms with Crippen LogP contribution < -0.4 is 9.47 Å². The molecule has 3 rings (SSSR count). The van der Waals surface area contributed by atoms with Crippen molar-refractivity contribution >= 4 is 0 Å². The van der Waals surface area contributed by atoms with Crippen molar-refractivity contribution in [1.82, 2.24) is 0 Å². The molecule has 0 amide bonds. The summed E-state index contributed by atoms with van der Waals surface area (Å²) in [5.41, 5.74) is 1.32.